The van der Waals surface area contributed by atoms with E-state index in [1.165, 1.54) is 6.07 Å². The molecular formula is C17H21ClN4O4S2. The Morgan fingerprint density at radius 3 is 2.75 bits per heavy atom. The van der Waals surface area contributed by atoms with Gasteiger partial charge in [-0.3, -0.25) is 4.99 Å². The van der Waals surface area contributed by atoms with E-state index in [2.05, 4.69) is 15.0 Å². The van der Waals surface area contributed by atoms with Crippen LogP contribution in [0.4, 0.5) is 0 Å². The fraction of sp³-hybridized carbons (Fsp3) is 0.353. The number of aliphatic imine (C=N–C) groups is 1. The lowest BCUT2D eigenvalue weighted by atomic mass is 10.2. The molecule has 1 aliphatic rings. The van der Waals surface area contributed by atoms with E-state index in [0.29, 0.717) is 23.4 Å². The Bertz CT molecular complexity index is 962. The zero-order valence-corrected chi connectivity index (χ0v) is 17.8. The van der Waals surface area contributed by atoms with Crippen LogP contribution in [0.2, 0.25) is 4.34 Å². The molecule has 0 radical (unpaired) electrons. The number of nitrogens with one attached hydrogen (secondary N) is 2. The maximum absolute atomic E-state index is 12.2. The Balaban J connectivity index is 1.49. The van der Waals surface area contributed by atoms with Crippen LogP contribution in [-0.4, -0.2) is 53.3 Å². The topological polar surface area (TPSA) is 92.3 Å². The van der Waals surface area contributed by atoms with E-state index >= 15 is 0 Å². The smallest absolute Gasteiger partial charge is 0.250 e. The predicted molar refractivity (Wildman–Crippen MR) is 110 cm³/mol. The first kappa shape index (κ1) is 20.7. The molecule has 8 nitrogen and oxygen atoms in total. The number of hydrogen-bond acceptors (Lipinski definition) is 6. The highest BCUT2D eigenvalue weighted by Gasteiger charge is 2.17. The number of hydrogen-bond donors (Lipinski definition) is 2. The zero-order chi connectivity index (χ0) is 20.1. The third-order valence-corrected chi connectivity index (χ3v) is 7.13. The Morgan fingerprint density at radius 1 is 1.25 bits per heavy atom. The van der Waals surface area contributed by atoms with Crippen molar-refractivity contribution >= 4 is 38.9 Å². The molecular weight excluding hydrogens is 424 g/mol. The first-order valence-corrected chi connectivity index (χ1v) is 11.1. The van der Waals surface area contributed by atoms with Gasteiger partial charge in [-0.25, -0.2) is 13.1 Å². The van der Waals surface area contributed by atoms with Gasteiger partial charge in [0, 0.05) is 33.7 Å². The minimum absolute atomic E-state index is 0.196. The van der Waals surface area contributed by atoms with Gasteiger partial charge in [-0.2, -0.15) is 0 Å². The lowest BCUT2D eigenvalue weighted by molar-refractivity contribution is 0.174. The molecule has 0 saturated heterocycles. The molecule has 0 aliphatic carbocycles. The van der Waals surface area contributed by atoms with Gasteiger partial charge in [0.05, 0.1) is 4.34 Å². The highest BCUT2D eigenvalue weighted by Crippen LogP contribution is 2.32. The molecule has 1 aromatic heterocycles. The van der Waals surface area contributed by atoms with E-state index in [4.69, 9.17) is 21.1 Å². The van der Waals surface area contributed by atoms with E-state index in [1.54, 1.807) is 13.1 Å². The minimum atomic E-state index is -3.55. The maximum Gasteiger partial charge on any atom is 0.250 e. The molecule has 28 heavy (non-hydrogen) atoms. The summed E-state index contributed by atoms with van der Waals surface area (Å²) in [7, 11) is 0.0235. The lowest BCUT2D eigenvalue weighted by Crippen LogP contribution is -2.42. The van der Waals surface area contributed by atoms with Gasteiger partial charge in [0.15, 0.2) is 17.5 Å². The van der Waals surface area contributed by atoms with Crippen molar-refractivity contribution in [3.63, 3.8) is 0 Å². The number of benzene rings is 1. The number of ether oxygens (including phenoxy) is 2. The number of sulfonamides is 1. The highest BCUT2D eigenvalue weighted by molar-refractivity contribution is 7.91. The summed E-state index contributed by atoms with van der Waals surface area (Å²) in [5, 5.41) is 3.14. The van der Waals surface area contributed by atoms with Crippen molar-refractivity contribution in [2.45, 2.75) is 10.8 Å². The molecule has 2 N–H and O–H groups in total. The van der Waals surface area contributed by atoms with Crippen molar-refractivity contribution in [2.75, 3.05) is 34.0 Å². The van der Waals surface area contributed by atoms with Crippen LogP contribution in [0.25, 0.3) is 0 Å². The van der Waals surface area contributed by atoms with Crippen LogP contribution >= 0.6 is 22.9 Å². The average Bonchev–Trinajstić information content (AvgIpc) is 3.30. The summed E-state index contributed by atoms with van der Waals surface area (Å²) < 4.78 is 38.2. The Kier molecular flexibility index (Phi) is 6.65. The molecule has 0 amide bonds. The maximum atomic E-state index is 12.2. The molecule has 0 spiro atoms. The monoisotopic (exact) mass is 444 g/mol. The molecule has 0 unspecified atom stereocenters. The number of nitrogens with zero attached hydrogens (tertiary/aromatic N) is 2. The molecule has 11 heteroatoms. The Labute approximate surface area is 173 Å². The number of halogens is 1. The van der Waals surface area contributed by atoms with E-state index in [-0.39, 0.29) is 17.5 Å². The van der Waals surface area contributed by atoms with Gasteiger partial charge < -0.3 is 19.7 Å². The van der Waals surface area contributed by atoms with Crippen LogP contribution in [0.3, 0.4) is 0 Å². The van der Waals surface area contributed by atoms with Crippen LogP contribution in [0.5, 0.6) is 11.5 Å². The molecule has 0 bridgehead atoms. The van der Waals surface area contributed by atoms with Crippen LogP contribution in [0, 0.1) is 0 Å². The van der Waals surface area contributed by atoms with Gasteiger partial charge in [-0.05, 0) is 29.8 Å². The number of guanidine groups is 1. The summed E-state index contributed by atoms with van der Waals surface area (Å²) in [5.41, 5.74) is 1.05. The van der Waals surface area contributed by atoms with Gasteiger partial charge in [0.2, 0.25) is 16.8 Å². The number of fused-ring (bicyclic) bond motifs is 1. The van der Waals surface area contributed by atoms with Crippen LogP contribution in [0.15, 0.2) is 39.5 Å². The summed E-state index contributed by atoms with van der Waals surface area (Å²) in [6, 6.07) is 8.84. The highest BCUT2D eigenvalue weighted by atomic mass is 35.5. The third-order valence-electron chi connectivity index (χ3n) is 3.94. The molecule has 0 fully saturated rings. The van der Waals surface area contributed by atoms with Gasteiger partial charge in [-0.1, -0.05) is 17.7 Å². The van der Waals surface area contributed by atoms with Crippen molar-refractivity contribution in [3.8, 4) is 11.5 Å². The van der Waals surface area contributed by atoms with Crippen molar-refractivity contribution in [1.29, 1.82) is 0 Å². The zero-order valence-electron chi connectivity index (χ0n) is 15.4. The molecule has 0 saturated carbocycles. The molecule has 152 valence electrons. The number of rotatable bonds is 7. The van der Waals surface area contributed by atoms with Crippen molar-refractivity contribution in [1.82, 2.24) is 14.9 Å². The Hall–Kier alpha value is -2.01. The van der Waals surface area contributed by atoms with E-state index < -0.39 is 10.0 Å². The van der Waals surface area contributed by atoms with Crippen LogP contribution in [0.1, 0.15) is 5.56 Å². The molecule has 1 aromatic carbocycles. The lowest BCUT2D eigenvalue weighted by Gasteiger charge is -2.22. The molecule has 2 heterocycles. The normalized spacial score (nSPS) is 13.6. The predicted octanol–water partition coefficient (Wildman–Crippen LogP) is 2.12. The van der Waals surface area contributed by atoms with Gasteiger partial charge in [0.1, 0.15) is 4.21 Å². The molecule has 3 rings (SSSR count). The van der Waals surface area contributed by atoms with E-state index in [1.807, 2.05) is 30.1 Å². The summed E-state index contributed by atoms with van der Waals surface area (Å²) >= 11 is 6.82. The first-order chi connectivity index (χ1) is 13.4. The third kappa shape index (κ3) is 5.07. The van der Waals surface area contributed by atoms with E-state index in [9.17, 15) is 8.42 Å². The second-order valence-corrected chi connectivity index (χ2v) is 9.68. The van der Waals surface area contributed by atoms with Gasteiger partial charge in [-0.15, -0.1) is 11.3 Å². The number of thiophene rings is 1. The summed E-state index contributed by atoms with van der Waals surface area (Å²) in [6.07, 6.45) is 0. The quantitative estimate of drug-likeness (QED) is 0.386. The van der Waals surface area contributed by atoms with Crippen molar-refractivity contribution in [2.24, 2.45) is 4.99 Å². The van der Waals surface area contributed by atoms with Crippen LogP contribution < -0.4 is 19.5 Å². The second-order valence-electron chi connectivity index (χ2n) is 5.97. The molecule has 2 aromatic rings. The fourth-order valence-corrected chi connectivity index (χ4v) is 5.20. The fourth-order valence-electron chi connectivity index (χ4n) is 2.65. The van der Waals surface area contributed by atoms with E-state index in [0.717, 1.165) is 28.4 Å². The summed E-state index contributed by atoms with van der Waals surface area (Å²) in [5.74, 6) is 2.13. The minimum Gasteiger partial charge on any atom is -0.454 e. The van der Waals surface area contributed by atoms with Gasteiger partial charge >= 0.3 is 0 Å². The van der Waals surface area contributed by atoms with Gasteiger partial charge in [0.25, 0.3) is 0 Å². The first-order valence-electron chi connectivity index (χ1n) is 8.44. The van der Waals surface area contributed by atoms with Crippen molar-refractivity contribution < 1.29 is 17.9 Å². The summed E-state index contributed by atoms with van der Waals surface area (Å²) in [6.45, 7) is 1.45. The summed E-state index contributed by atoms with van der Waals surface area (Å²) in [4.78, 5) is 6.17. The van der Waals surface area contributed by atoms with Crippen molar-refractivity contribution in [3.05, 3.63) is 40.2 Å². The van der Waals surface area contributed by atoms with Crippen LogP contribution in [-0.2, 0) is 16.6 Å². The SMILES string of the molecule is CN=C(NCCNS(=O)(=O)c1ccc(Cl)s1)N(C)Cc1ccc2c(c1)OCO2. The molecule has 1 aliphatic heterocycles. The molecule has 0 atom stereocenters. The standard InChI is InChI=1S/C17H21ClN4O4S2/c1-19-17(20-7-8-21-28(23,24)16-6-5-15(18)27-16)22(2)10-12-3-4-13-14(9-12)26-11-25-13/h3-6,9,21H,7-8,10-11H2,1-2H3,(H,19,20). The Morgan fingerprint density at radius 2 is 2.04 bits per heavy atom. The second kappa shape index (κ2) is 8.99. The average molecular weight is 445 g/mol. The largest absolute Gasteiger partial charge is 0.454 e.